The van der Waals surface area contributed by atoms with Gasteiger partial charge in [0.2, 0.25) is 5.91 Å². The van der Waals surface area contributed by atoms with E-state index in [1.165, 1.54) is 6.42 Å². The summed E-state index contributed by atoms with van der Waals surface area (Å²) in [5.74, 6) is 1.02. The number of carbonyl (C=O) groups excluding carboxylic acids is 1. The van der Waals surface area contributed by atoms with Gasteiger partial charge in [-0.05, 0) is 30.5 Å². The lowest BCUT2D eigenvalue weighted by atomic mass is 9.89. The van der Waals surface area contributed by atoms with Crippen LogP contribution in [0.25, 0.3) is 0 Å². The van der Waals surface area contributed by atoms with Crippen molar-refractivity contribution < 1.29 is 4.79 Å². The van der Waals surface area contributed by atoms with E-state index in [1.54, 1.807) is 6.20 Å². The Kier molecular flexibility index (Phi) is 4.78. The molecular weight excluding hydrogens is 298 g/mol. The fraction of sp³-hybridized carbons (Fsp3) is 0.412. The number of rotatable bonds is 4. The maximum atomic E-state index is 12.3. The van der Waals surface area contributed by atoms with Crippen LogP contribution in [0, 0.1) is 5.92 Å². The predicted octanol–water partition coefficient (Wildman–Crippen LogP) is 4.10. The van der Waals surface area contributed by atoms with Gasteiger partial charge < -0.3 is 5.32 Å². The Morgan fingerprint density at radius 3 is 2.64 bits per heavy atom. The first kappa shape index (κ1) is 15.1. The lowest BCUT2D eigenvalue weighted by molar-refractivity contribution is -0.120. The number of nitrogens with zero attached hydrogens (tertiary/aromatic N) is 2. The van der Waals surface area contributed by atoms with Crippen molar-refractivity contribution >= 4 is 23.3 Å². The van der Waals surface area contributed by atoms with Gasteiger partial charge in [0, 0.05) is 17.0 Å². The molecule has 0 spiro atoms. The Hall–Kier alpha value is -1.81. The van der Waals surface area contributed by atoms with E-state index < -0.39 is 0 Å². The van der Waals surface area contributed by atoms with Gasteiger partial charge in [0.1, 0.15) is 5.82 Å². The van der Waals surface area contributed by atoms with Crippen LogP contribution in [0.5, 0.6) is 0 Å². The smallest absolute Gasteiger partial charge is 0.228 e. The molecule has 116 valence electrons. The highest BCUT2D eigenvalue weighted by atomic mass is 35.5. The fourth-order valence-electron chi connectivity index (χ4n) is 2.92. The second kappa shape index (κ2) is 6.97. The van der Waals surface area contributed by atoms with Crippen LogP contribution in [0.3, 0.4) is 0 Å². The van der Waals surface area contributed by atoms with Crippen LogP contribution in [0.2, 0.25) is 5.02 Å². The maximum absolute atomic E-state index is 12.3. The zero-order chi connectivity index (χ0) is 15.4. The molecule has 1 saturated carbocycles. The standard InChI is InChI=1S/C17H20ClN3O/c18-15-8-6-13(7-9-15)12-21-16(10-11-19-21)20-17(22)14-4-2-1-3-5-14/h6-11,14H,1-5,12H2,(H,20,22). The lowest BCUT2D eigenvalue weighted by Gasteiger charge is -2.21. The summed E-state index contributed by atoms with van der Waals surface area (Å²) >= 11 is 5.90. The first-order valence-corrected chi connectivity index (χ1v) is 8.17. The molecule has 22 heavy (non-hydrogen) atoms. The molecule has 1 aromatic carbocycles. The second-order valence-electron chi connectivity index (χ2n) is 5.82. The minimum atomic E-state index is 0.123. The van der Waals surface area contributed by atoms with Crippen LogP contribution in [0.1, 0.15) is 37.7 Å². The topological polar surface area (TPSA) is 46.9 Å². The number of carbonyl (C=O) groups is 1. The molecule has 4 nitrogen and oxygen atoms in total. The molecule has 0 saturated heterocycles. The number of anilines is 1. The van der Waals surface area contributed by atoms with Crippen LogP contribution in [-0.2, 0) is 11.3 Å². The molecule has 1 heterocycles. The van der Waals surface area contributed by atoms with E-state index in [2.05, 4.69) is 10.4 Å². The number of benzene rings is 1. The summed E-state index contributed by atoms with van der Waals surface area (Å²) in [6, 6.07) is 9.51. The summed E-state index contributed by atoms with van der Waals surface area (Å²) in [7, 11) is 0. The number of hydrogen-bond donors (Lipinski definition) is 1. The third kappa shape index (κ3) is 3.69. The van der Waals surface area contributed by atoms with Crippen molar-refractivity contribution in [3.8, 4) is 0 Å². The van der Waals surface area contributed by atoms with Crippen molar-refractivity contribution in [3.63, 3.8) is 0 Å². The Morgan fingerprint density at radius 1 is 1.18 bits per heavy atom. The monoisotopic (exact) mass is 317 g/mol. The highest BCUT2D eigenvalue weighted by molar-refractivity contribution is 6.30. The predicted molar refractivity (Wildman–Crippen MR) is 88.0 cm³/mol. The molecule has 3 rings (SSSR count). The van der Waals surface area contributed by atoms with Crippen LogP contribution >= 0.6 is 11.6 Å². The maximum Gasteiger partial charge on any atom is 0.228 e. The van der Waals surface area contributed by atoms with Gasteiger partial charge in [0.05, 0.1) is 12.7 Å². The molecule has 0 radical (unpaired) electrons. The summed E-state index contributed by atoms with van der Waals surface area (Å²) in [5.41, 5.74) is 1.10. The molecule has 1 aromatic heterocycles. The van der Waals surface area contributed by atoms with Crippen molar-refractivity contribution in [1.29, 1.82) is 0 Å². The molecule has 1 fully saturated rings. The number of nitrogens with one attached hydrogen (secondary N) is 1. The fourth-order valence-corrected chi connectivity index (χ4v) is 3.05. The first-order chi connectivity index (χ1) is 10.7. The van der Waals surface area contributed by atoms with E-state index in [1.807, 2.05) is 35.0 Å². The zero-order valence-electron chi connectivity index (χ0n) is 12.5. The van der Waals surface area contributed by atoms with Crippen LogP contribution in [-0.4, -0.2) is 15.7 Å². The summed E-state index contributed by atoms with van der Waals surface area (Å²) in [6.07, 6.45) is 7.27. The minimum absolute atomic E-state index is 0.123. The Labute approximate surface area is 135 Å². The van der Waals surface area contributed by atoms with Gasteiger partial charge in [-0.3, -0.25) is 4.79 Å². The van der Waals surface area contributed by atoms with Gasteiger partial charge >= 0.3 is 0 Å². The Bertz CT molecular complexity index is 630. The molecule has 1 N–H and O–H groups in total. The molecule has 0 unspecified atom stereocenters. The van der Waals surface area contributed by atoms with Crippen molar-refractivity contribution in [3.05, 3.63) is 47.1 Å². The highest BCUT2D eigenvalue weighted by Crippen LogP contribution is 2.25. The Balaban J connectivity index is 1.66. The van der Waals surface area contributed by atoms with Crippen LogP contribution in [0.4, 0.5) is 5.82 Å². The lowest BCUT2D eigenvalue weighted by Crippen LogP contribution is -2.26. The molecule has 1 aliphatic carbocycles. The molecule has 0 bridgehead atoms. The van der Waals surface area contributed by atoms with E-state index in [9.17, 15) is 4.79 Å². The van der Waals surface area contributed by atoms with E-state index in [-0.39, 0.29) is 11.8 Å². The summed E-state index contributed by atoms with van der Waals surface area (Å²) in [5, 5.41) is 8.05. The molecule has 0 aliphatic heterocycles. The highest BCUT2D eigenvalue weighted by Gasteiger charge is 2.21. The number of hydrogen-bond acceptors (Lipinski definition) is 2. The second-order valence-corrected chi connectivity index (χ2v) is 6.26. The first-order valence-electron chi connectivity index (χ1n) is 7.79. The van der Waals surface area contributed by atoms with Crippen molar-refractivity contribution in [2.75, 3.05) is 5.32 Å². The SMILES string of the molecule is O=C(Nc1ccnn1Cc1ccc(Cl)cc1)C1CCCCC1. The van der Waals surface area contributed by atoms with Gasteiger partial charge in [-0.25, -0.2) is 4.68 Å². The van der Waals surface area contributed by atoms with E-state index in [0.29, 0.717) is 6.54 Å². The van der Waals surface area contributed by atoms with Gasteiger partial charge in [-0.1, -0.05) is 43.0 Å². The quantitative estimate of drug-likeness (QED) is 0.922. The van der Waals surface area contributed by atoms with Gasteiger partial charge in [0.25, 0.3) is 0 Å². The van der Waals surface area contributed by atoms with E-state index in [0.717, 1.165) is 42.1 Å². The minimum Gasteiger partial charge on any atom is -0.311 e. The van der Waals surface area contributed by atoms with Gasteiger partial charge in [0.15, 0.2) is 0 Å². The third-order valence-electron chi connectivity index (χ3n) is 4.19. The van der Waals surface area contributed by atoms with Crippen molar-refractivity contribution in [2.24, 2.45) is 5.92 Å². The Morgan fingerprint density at radius 2 is 1.91 bits per heavy atom. The molecule has 0 atom stereocenters. The van der Waals surface area contributed by atoms with E-state index >= 15 is 0 Å². The number of halogens is 1. The molecule has 5 heteroatoms. The molecular formula is C17H20ClN3O. The summed E-state index contributed by atoms with van der Waals surface area (Å²) in [6.45, 7) is 0.616. The van der Waals surface area contributed by atoms with Gasteiger partial charge in [-0.2, -0.15) is 5.10 Å². The van der Waals surface area contributed by atoms with Crippen LogP contribution < -0.4 is 5.32 Å². The summed E-state index contributed by atoms with van der Waals surface area (Å²) < 4.78 is 1.81. The largest absolute Gasteiger partial charge is 0.311 e. The number of amides is 1. The zero-order valence-corrected chi connectivity index (χ0v) is 13.2. The van der Waals surface area contributed by atoms with Crippen molar-refractivity contribution in [1.82, 2.24) is 9.78 Å². The average Bonchev–Trinajstić information content (AvgIpc) is 2.97. The molecule has 1 aliphatic rings. The van der Waals surface area contributed by atoms with Crippen LogP contribution in [0.15, 0.2) is 36.5 Å². The van der Waals surface area contributed by atoms with E-state index in [4.69, 9.17) is 11.6 Å². The van der Waals surface area contributed by atoms with Gasteiger partial charge in [-0.15, -0.1) is 0 Å². The molecule has 1 amide bonds. The molecule has 2 aromatic rings. The average molecular weight is 318 g/mol. The summed E-state index contributed by atoms with van der Waals surface area (Å²) in [4.78, 5) is 12.3. The number of aromatic nitrogens is 2. The normalized spacial score (nSPS) is 15.7. The van der Waals surface area contributed by atoms with Crippen molar-refractivity contribution in [2.45, 2.75) is 38.6 Å². The third-order valence-corrected chi connectivity index (χ3v) is 4.44.